The second-order valence-corrected chi connectivity index (χ2v) is 5.67. The maximum atomic E-state index is 13.1. The summed E-state index contributed by atoms with van der Waals surface area (Å²) in [7, 11) is 0. The third kappa shape index (κ3) is 3.36. The summed E-state index contributed by atoms with van der Waals surface area (Å²) < 4.78 is 24.1. The summed E-state index contributed by atoms with van der Waals surface area (Å²) in [5, 5.41) is 10.2. The van der Waals surface area contributed by atoms with Crippen LogP contribution >= 0.6 is 0 Å². The molecule has 2 aromatic rings. The van der Waals surface area contributed by atoms with Crippen LogP contribution in [-0.2, 0) is 9.59 Å². The number of aliphatic hydroxyl groups excluding tert-OH is 1. The second kappa shape index (κ2) is 7.49. The van der Waals surface area contributed by atoms with E-state index in [1.807, 2.05) is 6.92 Å². The average Bonchev–Trinajstić information content (AvgIpc) is 2.87. The Kier molecular flexibility index (Phi) is 5.12. The molecule has 0 radical (unpaired) electrons. The molecule has 1 N–H and O–H groups in total. The first-order valence-corrected chi connectivity index (χ1v) is 8.45. The van der Waals surface area contributed by atoms with E-state index < -0.39 is 23.4 Å². The number of halogens is 1. The molecule has 1 aliphatic rings. The molecule has 140 valence electrons. The van der Waals surface area contributed by atoms with Crippen LogP contribution < -0.4 is 14.4 Å². The van der Waals surface area contributed by atoms with Crippen LogP contribution in [0.4, 0.5) is 10.1 Å². The fraction of sp³-hybridized carbons (Fsp3) is 0.200. The molecule has 2 amide bonds. The number of imide groups is 1. The van der Waals surface area contributed by atoms with E-state index >= 15 is 0 Å². The van der Waals surface area contributed by atoms with Gasteiger partial charge in [-0.3, -0.25) is 9.59 Å². The van der Waals surface area contributed by atoms with E-state index in [9.17, 15) is 19.1 Å². The van der Waals surface area contributed by atoms with Crippen molar-refractivity contribution < 1.29 is 28.6 Å². The normalized spacial score (nSPS) is 14.1. The van der Waals surface area contributed by atoms with Crippen LogP contribution in [0.1, 0.15) is 19.4 Å². The lowest BCUT2D eigenvalue weighted by Crippen LogP contribution is -2.31. The van der Waals surface area contributed by atoms with E-state index in [0.717, 1.165) is 17.0 Å². The Labute approximate surface area is 155 Å². The van der Waals surface area contributed by atoms with Gasteiger partial charge in [-0.05, 0) is 43.7 Å². The Bertz CT molecular complexity index is 920. The van der Waals surface area contributed by atoms with Gasteiger partial charge in [-0.2, -0.15) is 0 Å². The zero-order chi connectivity index (χ0) is 19.6. The van der Waals surface area contributed by atoms with Crippen molar-refractivity contribution >= 4 is 23.1 Å². The van der Waals surface area contributed by atoms with Crippen molar-refractivity contribution in [2.75, 3.05) is 18.1 Å². The lowest BCUT2D eigenvalue weighted by Gasteiger charge is -2.18. The third-order valence-electron chi connectivity index (χ3n) is 3.98. The number of aliphatic hydroxyl groups is 1. The first-order chi connectivity index (χ1) is 13.0. The molecule has 0 aromatic heterocycles. The molecular weight excluding hydrogens is 353 g/mol. The molecule has 0 fully saturated rings. The molecule has 1 aliphatic heterocycles. The smallest absolute Gasteiger partial charge is 0.301 e. The summed E-state index contributed by atoms with van der Waals surface area (Å²) in [4.78, 5) is 26.2. The summed E-state index contributed by atoms with van der Waals surface area (Å²) in [5.74, 6) is -1.86. The molecule has 0 aliphatic carbocycles. The first kappa shape index (κ1) is 18.4. The summed E-state index contributed by atoms with van der Waals surface area (Å²) >= 11 is 0. The van der Waals surface area contributed by atoms with Crippen molar-refractivity contribution in [1.82, 2.24) is 0 Å². The zero-order valence-electron chi connectivity index (χ0n) is 14.9. The topological polar surface area (TPSA) is 76.1 Å². The lowest BCUT2D eigenvalue weighted by atomic mass is 10.1. The van der Waals surface area contributed by atoms with Crippen molar-refractivity contribution in [3.63, 3.8) is 0 Å². The van der Waals surface area contributed by atoms with Gasteiger partial charge < -0.3 is 14.6 Å². The van der Waals surface area contributed by atoms with Crippen LogP contribution in [0.15, 0.2) is 48.2 Å². The molecular formula is C20H18FNO5. The maximum absolute atomic E-state index is 13.1. The number of nitrogens with zero attached hydrogens (tertiary/aromatic N) is 1. The van der Waals surface area contributed by atoms with Gasteiger partial charge >= 0.3 is 5.91 Å². The van der Waals surface area contributed by atoms with Crippen LogP contribution in [-0.4, -0.2) is 30.1 Å². The van der Waals surface area contributed by atoms with Gasteiger partial charge in [-0.1, -0.05) is 12.1 Å². The number of carbonyl (C=O) groups is 2. The summed E-state index contributed by atoms with van der Waals surface area (Å²) in [5.41, 5.74) is 0.318. The fourth-order valence-electron chi connectivity index (χ4n) is 2.81. The van der Waals surface area contributed by atoms with Crippen LogP contribution in [0.2, 0.25) is 0 Å². The molecule has 0 spiro atoms. The number of rotatable bonds is 6. The Morgan fingerprint density at radius 1 is 0.926 bits per heavy atom. The van der Waals surface area contributed by atoms with Gasteiger partial charge in [-0.15, -0.1) is 0 Å². The van der Waals surface area contributed by atoms with E-state index in [2.05, 4.69) is 0 Å². The van der Waals surface area contributed by atoms with Crippen LogP contribution in [0.25, 0.3) is 5.57 Å². The molecule has 0 bridgehead atoms. The highest BCUT2D eigenvalue weighted by Gasteiger charge is 2.40. The predicted octanol–water partition coefficient (Wildman–Crippen LogP) is 3.47. The quantitative estimate of drug-likeness (QED) is 0.787. The monoisotopic (exact) mass is 371 g/mol. The number of anilines is 1. The summed E-state index contributed by atoms with van der Waals surface area (Å²) in [6.07, 6.45) is 0. The lowest BCUT2D eigenvalue weighted by molar-refractivity contribution is -0.121. The van der Waals surface area contributed by atoms with E-state index in [0.29, 0.717) is 24.7 Å². The average molecular weight is 371 g/mol. The van der Waals surface area contributed by atoms with Gasteiger partial charge in [-0.25, -0.2) is 9.29 Å². The first-order valence-electron chi connectivity index (χ1n) is 8.45. The number of amides is 2. The second-order valence-electron chi connectivity index (χ2n) is 5.67. The molecule has 0 saturated carbocycles. The van der Waals surface area contributed by atoms with E-state index in [-0.39, 0.29) is 16.8 Å². The van der Waals surface area contributed by atoms with Gasteiger partial charge in [0.05, 0.1) is 24.5 Å². The Hall–Kier alpha value is -3.35. The largest absolute Gasteiger partial charge is 0.502 e. The molecule has 0 unspecified atom stereocenters. The highest BCUT2D eigenvalue weighted by Crippen LogP contribution is 2.37. The molecule has 0 saturated heterocycles. The van der Waals surface area contributed by atoms with Crippen LogP contribution in [0, 0.1) is 5.82 Å². The minimum absolute atomic E-state index is 0.174. The van der Waals surface area contributed by atoms with E-state index in [1.165, 1.54) is 24.3 Å². The van der Waals surface area contributed by atoms with Gasteiger partial charge in [0.15, 0.2) is 17.3 Å². The highest BCUT2D eigenvalue weighted by atomic mass is 19.1. The standard InChI is InChI=1S/C20H18FNO5/c1-3-26-15-10-9-14(11-16(15)27-4-2)22-19(24)17(18(23)20(22)25)12-5-7-13(21)8-6-12/h5-11,23H,3-4H2,1-2H3. The maximum Gasteiger partial charge on any atom is 0.301 e. The van der Waals surface area contributed by atoms with Gasteiger partial charge in [0.1, 0.15) is 5.82 Å². The Morgan fingerprint density at radius 2 is 1.56 bits per heavy atom. The minimum atomic E-state index is -0.856. The van der Waals surface area contributed by atoms with Crippen molar-refractivity contribution in [1.29, 1.82) is 0 Å². The Morgan fingerprint density at radius 3 is 2.19 bits per heavy atom. The van der Waals surface area contributed by atoms with Crippen molar-refractivity contribution in [3.8, 4) is 11.5 Å². The number of hydrogen-bond donors (Lipinski definition) is 1. The van der Waals surface area contributed by atoms with E-state index in [4.69, 9.17) is 9.47 Å². The SMILES string of the molecule is CCOc1ccc(N2C(=O)C(O)=C(c3ccc(F)cc3)C2=O)cc1OCC. The molecule has 3 rings (SSSR count). The summed E-state index contributed by atoms with van der Waals surface area (Å²) in [6, 6.07) is 9.60. The molecule has 1 heterocycles. The van der Waals surface area contributed by atoms with Crippen LogP contribution in [0.3, 0.4) is 0 Å². The fourth-order valence-corrected chi connectivity index (χ4v) is 2.81. The van der Waals surface area contributed by atoms with Gasteiger partial charge in [0.2, 0.25) is 0 Å². The molecule has 7 heteroatoms. The molecule has 6 nitrogen and oxygen atoms in total. The van der Waals surface area contributed by atoms with Crippen molar-refractivity contribution in [2.24, 2.45) is 0 Å². The number of hydrogen-bond acceptors (Lipinski definition) is 5. The molecule has 0 atom stereocenters. The van der Waals surface area contributed by atoms with Gasteiger partial charge in [0.25, 0.3) is 5.91 Å². The molecule has 2 aromatic carbocycles. The highest BCUT2D eigenvalue weighted by molar-refractivity contribution is 6.44. The van der Waals surface area contributed by atoms with Crippen molar-refractivity contribution in [3.05, 3.63) is 59.6 Å². The number of ether oxygens (including phenoxy) is 2. The third-order valence-corrected chi connectivity index (χ3v) is 3.98. The number of carbonyl (C=O) groups excluding carboxylic acids is 2. The van der Waals surface area contributed by atoms with E-state index in [1.54, 1.807) is 13.0 Å². The summed E-state index contributed by atoms with van der Waals surface area (Å²) in [6.45, 7) is 4.43. The minimum Gasteiger partial charge on any atom is -0.502 e. The Balaban J connectivity index is 1.99. The van der Waals surface area contributed by atoms with Crippen LogP contribution in [0.5, 0.6) is 11.5 Å². The van der Waals surface area contributed by atoms with Gasteiger partial charge in [0, 0.05) is 6.07 Å². The van der Waals surface area contributed by atoms with Crippen molar-refractivity contribution in [2.45, 2.75) is 13.8 Å². The zero-order valence-corrected chi connectivity index (χ0v) is 14.9. The molecule has 27 heavy (non-hydrogen) atoms. The number of benzene rings is 2. The predicted molar refractivity (Wildman–Crippen MR) is 97.2 cm³/mol.